The minimum atomic E-state index is -0.845. The zero-order chi connectivity index (χ0) is 24.9. The van der Waals surface area contributed by atoms with E-state index in [1.165, 1.54) is 37.5 Å². The SMILES string of the molecule is COc1ccc(N2C(=O)NC(=O)/C(=C/c3cccc(OCc4ccc([N+](=O)[O-])cc4)c3)C2=O)cc1. The number of anilines is 1. The van der Waals surface area contributed by atoms with Gasteiger partial charge in [-0.3, -0.25) is 25.0 Å². The van der Waals surface area contributed by atoms with Crippen LogP contribution in [0.4, 0.5) is 16.2 Å². The van der Waals surface area contributed by atoms with E-state index in [9.17, 15) is 24.5 Å². The number of carbonyl (C=O) groups is 3. The Bertz CT molecular complexity index is 1330. The molecule has 0 atom stereocenters. The summed E-state index contributed by atoms with van der Waals surface area (Å²) < 4.78 is 10.8. The van der Waals surface area contributed by atoms with Crippen molar-refractivity contribution in [2.75, 3.05) is 12.0 Å². The van der Waals surface area contributed by atoms with Gasteiger partial charge in [-0.1, -0.05) is 12.1 Å². The van der Waals surface area contributed by atoms with Crippen LogP contribution in [0.3, 0.4) is 0 Å². The van der Waals surface area contributed by atoms with Gasteiger partial charge in [0.15, 0.2) is 0 Å². The summed E-state index contributed by atoms with van der Waals surface area (Å²) in [5.74, 6) is -0.552. The quantitative estimate of drug-likeness (QED) is 0.239. The average Bonchev–Trinajstić information content (AvgIpc) is 2.86. The van der Waals surface area contributed by atoms with E-state index < -0.39 is 22.8 Å². The molecule has 3 aromatic carbocycles. The van der Waals surface area contributed by atoms with E-state index in [0.717, 1.165) is 10.5 Å². The lowest BCUT2D eigenvalue weighted by Crippen LogP contribution is -2.54. The van der Waals surface area contributed by atoms with E-state index in [1.54, 1.807) is 48.5 Å². The first-order valence-corrected chi connectivity index (χ1v) is 10.4. The van der Waals surface area contributed by atoms with Crippen LogP contribution in [0.25, 0.3) is 6.08 Å². The molecule has 1 fully saturated rings. The molecule has 10 heteroatoms. The topological polar surface area (TPSA) is 128 Å². The number of amides is 4. The van der Waals surface area contributed by atoms with E-state index >= 15 is 0 Å². The first kappa shape index (κ1) is 23.2. The highest BCUT2D eigenvalue weighted by molar-refractivity contribution is 6.39. The minimum Gasteiger partial charge on any atom is -0.497 e. The highest BCUT2D eigenvalue weighted by atomic mass is 16.6. The minimum absolute atomic E-state index is 0.0139. The summed E-state index contributed by atoms with van der Waals surface area (Å²) in [4.78, 5) is 49.0. The summed E-state index contributed by atoms with van der Waals surface area (Å²) >= 11 is 0. The van der Waals surface area contributed by atoms with Crippen molar-refractivity contribution >= 4 is 35.3 Å². The van der Waals surface area contributed by atoms with Gasteiger partial charge in [-0.15, -0.1) is 0 Å². The average molecular weight is 473 g/mol. The fraction of sp³-hybridized carbons (Fsp3) is 0.0800. The number of nitro groups is 1. The standard InChI is InChI=1S/C25H19N3O7/c1-34-20-11-9-18(10-12-20)27-24(30)22(23(29)26-25(27)31)14-17-3-2-4-21(13-17)35-15-16-5-7-19(8-6-16)28(32)33/h2-14H,15H2,1H3,(H,26,29,31)/b22-14-. The Morgan fingerprint density at radius 1 is 0.971 bits per heavy atom. The fourth-order valence-corrected chi connectivity index (χ4v) is 3.36. The van der Waals surface area contributed by atoms with Crippen molar-refractivity contribution in [1.29, 1.82) is 0 Å². The molecule has 4 amide bonds. The van der Waals surface area contributed by atoms with Crippen molar-refractivity contribution in [3.05, 3.63) is 99.6 Å². The Hall–Kier alpha value is -4.99. The molecule has 0 aliphatic carbocycles. The van der Waals surface area contributed by atoms with Crippen LogP contribution in [0.15, 0.2) is 78.4 Å². The van der Waals surface area contributed by atoms with Gasteiger partial charge in [-0.2, -0.15) is 0 Å². The Morgan fingerprint density at radius 2 is 1.69 bits per heavy atom. The Balaban J connectivity index is 1.53. The van der Waals surface area contributed by atoms with Gasteiger partial charge in [-0.05, 0) is 65.7 Å². The van der Waals surface area contributed by atoms with Crippen LogP contribution in [-0.4, -0.2) is 29.9 Å². The molecule has 0 aromatic heterocycles. The number of ether oxygens (including phenoxy) is 2. The van der Waals surface area contributed by atoms with Crippen molar-refractivity contribution < 1.29 is 28.8 Å². The number of barbiturate groups is 1. The van der Waals surface area contributed by atoms with Crippen LogP contribution in [0, 0.1) is 10.1 Å². The number of benzene rings is 3. The van der Waals surface area contributed by atoms with E-state index in [0.29, 0.717) is 17.1 Å². The second-order valence-corrected chi connectivity index (χ2v) is 7.44. The van der Waals surface area contributed by atoms with Gasteiger partial charge in [0.1, 0.15) is 23.7 Å². The number of nitrogens with zero attached hydrogens (tertiary/aromatic N) is 2. The molecule has 0 saturated carbocycles. The molecule has 176 valence electrons. The van der Waals surface area contributed by atoms with E-state index in [4.69, 9.17) is 9.47 Å². The normalized spacial score (nSPS) is 14.6. The first-order chi connectivity index (χ1) is 16.9. The molecule has 3 aromatic rings. The molecule has 1 heterocycles. The third-order valence-electron chi connectivity index (χ3n) is 5.15. The number of nitro benzene ring substituents is 1. The molecular weight excluding hydrogens is 454 g/mol. The number of hydrogen-bond acceptors (Lipinski definition) is 7. The second-order valence-electron chi connectivity index (χ2n) is 7.44. The van der Waals surface area contributed by atoms with Crippen molar-refractivity contribution in [1.82, 2.24) is 5.32 Å². The fourth-order valence-electron chi connectivity index (χ4n) is 3.36. The summed E-state index contributed by atoms with van der Waals surface area (Å²) in [5.41, 5.74) is 1.29. The molecule has 1 N–H and O–H groups in total. The van der Waals surface area contributed by atoms with E-state index in [2.05, 4.69) is 5.32 Å². The molecule has 4 rings (SSSR count). The number of methoxy groups -OCH3 is 1. The summed E-state index contributed by atoms with van der Waals surface area (Å²) in [6.45, 7) is 0.164. The largest absolute Gasteiger partial charge is 0.497 e. The molecule has 35 heavy (non-hydrogen) atoms. The van der Waals surface area contributed by atoms with Crippen LogP contribution in [0.2, 0.25) is 0 Å². The Kier molecular flexibility index (Phi) is 6.54. The zero-order valence-electron chi connectivity index (χ0n) is 18.5. The Morgan fingerprint density at radius 3 is 2.34 bits per heavy atom. The molecule has 10 nitrogen and oxygen atoms in total. The maximum Gasteiger partial charge on any atom is 0.335 e. The predicted octanol–water partition coefficient (Wildman–Crippen LogP) is 3.85. The lowest BCUT2D eigenvalue weighted by molar-refractivity contribution is -0.384. The number of hydrogen-bond donors (Lipinski definition) is 1. The molecule has 0 radical (unpaired) electrons. The lowest BCUT2D eigenvalue weighted by atomic mass is 10.1. The number of imide groups is 2. The van der Waals surface area contributed by atoms with Gasteiger partial charge < -0.3 is 9.47 Å². The highest BCUT2D eigenvalue weighted by Gasteiger charge is 2.36. The molecule has 1 saturated heterocycles. The van der Waals surface area contributed by atoms with Crippen molar-refractivity contribution in [3.8, 4) is 11.5 Å². The highest BCUT2D eigenvalue weighted by Crippen LogP contribution is 2.25. The molecule has 1 aliphatic rings. The van der Waals surface area contributed by atoms with Crippen LogP contribution in [-0.2, 0) is 16.2 Å². The molecule has 0 spiro atoms. The third-order valence-corrected chi connectivity index (χ3v) is 5.15. The number of urea groups is 1. The van der Waals surface area contributed by atoms with Gasteiger partial charge in [0.25, 0.3) is 17.5 Å². The number of nitrogens with one attached hydrogen (secondary N) is 1. The van der Waals surface area contributed by atoms with Gasteiger partial charge in [-0.25, -0.2) is 9.69 Å². The summed E-state index contributed by atoms with van der Waals surface area (Å²) in [6, 6.07) is 18.1. The zero-order valence-corrected chi connectivity index (χ0v) is 18.5. The number of carbonyl (C=O) groups excluding carboxylic acids is 3. The van der Waals surface area contributed by atoms with Crippen molar-refractivity contribution in [3.63, 3.8) is 0 Å². The summed E-state index contributed by atoms with van der Waals surface area (Å²) in [5, 5.41) is 13.0. The van der Waals surface area contributed by atoms with Gasteiger partial charge >= 0.3 is 6.03 Å². The van der Waals surface area contributed by atoms with Crippen LogP contribution in [0.5, 0.6) is 11.5 Å². The van der Waals surface area contributed by atoms with Crippen molar-refractivity contribution in [2.24, 2.45) is 0 Å². The lowest BCUT2D eigenvalue weighted by Gasteiger charge is -2.26. The number of non-ortho nitro benzene ring substituents is 1. The molecule has 1 aliphatic heterocycles. The van der Waals surface area contributed by atoms with E-state index in [-0.39, 0.29) is 23.6 Å². The van der Waals surface area contributed by atoms with Crippen LogP contribution >= 0.6 is 0 Å². The molecule has 0 bridgehead atoms. The predicted molar refractivity (Wildman–Crippen MR) is 126 cm³/mol. The molecule has 0 unspecified atom stereocenters. The summed E-state index contributed by atoms with van der Waals surface area (Å²) in [7, 11) is 1.50. The maximum atomic E-state index is 13.0. The number of rotatable bonds is 7. The molecular formula is C25H19N3O7. The Labute approximate surface area is 199 Å². The van der Waals surface area contributed by atoms with Gasteiger partial charge in [0, 0.05) is 12.1 Å². The van der Waals surface area contributed by atoms with Crippen molar-refractivity contribution in [2.45, 2.75) is 6.61 Å². The third kappa shape index (κ3) is 5.17. The van der Waals surface area contributed by atoms with Gasteiger partial charge in [0.2, 0.25) is 0 Å². The van der Waals surface area contributed by atoms with Crippen LogP contribution in [0.1, 0.15) is 11.1 Å². The first-order valence-electron chi connectivity index (χ1n) is 10.4. The second kappa shape index (κ2) is 9.87. The van der Waals surface area contributed by atoms with E-state index in [1.807, 2.05) is 0 Å². The van der Waals surface area contributed by atoms with Crippen LogP contribution < -0.4 is 19.7 Å². The van der Waals surface area contributed by atoms with Gasteiger partial charge in [0.05, 0.1) is 17.7 Å². The maximum absolute atomic E-state index is 13.0. The summed E-state index contributed by atoms with van der Waals surface area (Å²) in [6.07, 6.45) is 1.37. The monoisotopic (exact) mass is 473 g/mol. The smallest absolute Gasteiger partial charge is 0.335 e.